The second-order valence-electron chi connectivity index (χ2n) is 4.45. The van der Waals surface area contributed by atoms with Gasteiger partial charge in [-0.15, -0.1) is 5.10 Å². The zero-order valence-corrected chi connectivity index (χ0v) is 11.3. The summed E-state index contributed by atoms with van der Waals surface area (Å²) in [6.45, 7) is 2.33. The minimum atomic E-state index is -1.16. The van der Waals surface area contributed by atoms with E-state index in [-0.39, 0.29) is 30.1 Å². The van der Waals surface area contributed by atoms with Gasteiger partial charge in [0, 0.05) is 6.54 Å². The first kappa shape index (κ1) is 14.5. The third-order valence-electron chi connectivity index (χ3n) is 2.78. The van der Waals surface area contributed by atoms with Gasteiger partial charge in [0.2, 0.25) is 0 Å². The number of amides is 1. The molecule has 2 rings (SSSR count). The highest BCUT2D eigenvalue weighted by Crippen LogP contribution is 2.17. The van der Waals surface area contributed by atoms with Gasteiger partial charge in [-0.1, -0.05) is 16.8 Å². The highest BCUT2D eigenvalue weighted by molar-refractivity contribution is 5.96. The van der Waals surface area contributed by atoms with Crippen LogP contribution in [0.3, 0.4) is 0 Å². The van der Waals surface area contributed by atoms with Crippen LogP contribution in [0.2, 0.25) is 0 Å². The van der Waals surface area contributed by atoms with Gasteiger partial charge >= 0.3 is 5.97 Å². The summed E-state index contributed by atoms with van der Waals surface area (Å²) in [6, 6.07) is 4.75. The Morgan fingerprint density at radius 1 is 1.38 bits per heavy atom. The summed E-state index contributed by atoms with van der Waals surface area (Å²) >= 11 is 0. The Morgan fingerprint density at radius 3 is 2.81 bits per heavy atom. The van der Waals surface area contributed by atoms with E-state index < -0.39 is 11.9 Å². The summed E-state index contributed by atoms with van der Waals surface area (Å²) in [5, 5.41) is 28.0. The van der Waals surface area contributed by atoms with E-state index in [9.17, 15) is 14.7 Å². The summed E-state index contributed by atoms with van der Waals surface area (Å²) < 4.78 is 1.32. The van der Waals surface area contributed by atoms with Crippen molar-refractivity contribution in [2.45, 2.75) is 13.5 Å². The number of aromatic hydroxyl groups is 1. The number of nitrogens with zero attached hydrogens (tertiary/aromatic N) is 3. The molecule has 0 aliphatic heterocycles. The minimum absolute atomic E-state index is 0.0907. The van der Waals surface area contributed by atoms with E-state index in [2.05, 4.69) is 15.6 Å². The van der Waals surface area contributed by atoms with E-state index in [1.54, 1.807) is 12.1 Å². The predicted octanol–water partition coefficient (Wildman–Crippen LogP) is 0.420. The summed E-state index contributed by atoms with van der Waals surface area (Å²) in [7, 11) is 0. The van der Waals surface area contributed by atoms with Crippen LogP contribution in [0, 0.1) is 6.92 Å². The quantitative estimate of drug-likeness (QED) is 0.734. The third-order valence-corrected chi connectivity index (χ3v) is 2.78. The van der Waals surface area contributed by atoms with Crippen molar-refractivity contribution in [2.75, 3.05) is 6.54 Å². The average molecular weight is 290 g/mol. The lowest BCUT2D eigenvalue weighted by Crippen LogP contribution is -2.27. The maximum absolute atomic E-state index is 11.9. The number of carbonyl (C=O) groups is 2. The number of hydrogen-bond acceptors (Lipinski definition) is 5. The monoisotopic (exact) mass is 290 g/mol. The lowest BCUT2D eigenvalue weighted by Gasteiger charge is -2.07. The molecule has 0 unspecified atom stereocenters. The van der Waals surface area contributed by atoms with E-state index in [0.717, 1.165) is 5.56 Å². The Morgan fingerprint density at radius 2 is 2.14 bits per heavy atom. The summed E-state index contributed by atoms with van der Waals surface area (Å²) in [6.07, 6.45) is 1.28. The van der Waals surface area contributed by atoms with Gasteiger partial charge < -0.3 is 15.5 Å². The van der Waals surface area contributed by atoms with Gasteiger partial charge in [0.15, 0.2) is 5.69 Å². The molecule has 8 nitrogen and oxygen atoms in total. The number of phenols is 1. The van der Waals surface area contributed by atoms with Crippen molar-refractivity contribution in [3.63, 3.8) is 0 Å². The molecule has 0 fully saturated rings. The van der Waals surface area contributed by atoms with Gasteiger partial charge in [-0.05, 0) is 19.1 Å². The van der Waals surface area contributed by atoms with Crippen LogP contribution < -0.4 is 5.32 Å². The van der Waals surface area contributed by atoms with Crippen molar-refractivity contribution in [3.8, 4) is 5.75 Å². The van der Waals surface area contributed by atoms with E-state index in [1.165, 1.54) is 16.9 Å². The third kappa shape index (κ3) is 3.56. The largest absolute Gasteiger partial charge is 0.507 e. The Bertz CT molecular complexity index is 681. The van der Waals surface area contributed by atoms with Gasteiger partial charge in [-0.3, -0.25) is 4.79 Å². The van der Waals surface area contributed by atoms with Crippen LogP contribution >= 0.6 is 0 Å². The maximum atomic E-state index is 11.9. The molecular weight excluding hydrogens is 276 g/mol. The summed E-state index contributed by atoms with van der Waals surface area (Å²) in [4.78, 5) is 22.5. The first-order valence-corrected chi connectivity index (χ1v) is 6.18. The fraction of sp³-hybridized carbons (Fsp3) is 0.231. The molecule has 1 heterocycles. The van der Waals surface area contributed by atoms with Crippen LogP contribution in [0.1, 0.15) is 26.4 Å². The number of rotatable bonds is 5. The second-order valence-corrected chi connectivity index (χ2v) is 4.45. The molecule has 0 saturated heterocycles. The average Bonchev–Trinajstić information content (AvgIpc) is 2.90. The van der Waals surface area contributed by atoms with E-state index in [4.69, 9.17) is 5.11 Å². The molecule has 110 valence electrons. The first-order chi connectivity index (χ1) is 9.97. The van der Waals surface area contributed by atoms with Crippen LogP contribution in [0.15, 0.2) is 24.4 Å². The maximum Gasteiger partial charge on any atom is 0.358 e. The van der Waals surface area contributed by atoms with Crippen molar-refractivity contribution >= 4 is 11.9 Å². The van der Waals surface area contributed by atoms with Gasteiger partial charge in [-0.25, -0.2) is 9.48 Å². The number of carbonyl (C=O) groups excluding carboxylic acids is 1. The molecule has 1 amide bonds. The van der Waals surface area contributed by atoms with Crippen LogP contribution in [0.25, 0.3) is 0 Å². The number of aromatic nitrogens is 3. The van der Waals surface area contributed by atoms with E-state index >= 15 is 0 Å². The molecular formula is C13H14N4O4. The zero-order valence-electron chi connectivity index (χ0n) is 11.3. The smallest absolute Gasteiger partial charge is 0.358 e. The van der Waals surface area contributed by atoms with Crippen LogP contribution in [-0.2, 0) is 6.54 Å². The second kappa shape index (κ2) is 6.04. The van der Waals surface area contributed by atoms with Gasteiger partial charge in [-0.2, -0.15) is 0 Å². The summed E-state index contributed by atoms with van der Waals surface area (Å²) in [5.74, 6) is -1.66. The topological polar surface area (TPSA) is 117 Å². The highest BCUT2D eigenvalue weighted by Gasteiger charge is 2.11. The molecule has 21 heavy (non-hydrogen) atoms. The molecule has 0 spiro atoms. The van der Waals surface area contributed by atoms with Crippen molar-refractivity contribution in [1.82, 2.24) is 20.3 Å². The van der Waals surface area contributed by atoms with Crippen molar-refractivity contribution < 1.29 is 19.8 Å². The number of aryl methyl sites for hydroxylation is 1. The Labute approximate surface area is 120 Å². The minimum Gasteiger partial charge on any atom is -0.507 e. The lowest BCUT2D eigenvalue weighted by atomic mass is 10.1. The number of aromatic carboxylic acids is 1. The molecule has 8 heteroatoms. The number of carboxylic acid groups (broad SMARTS) is 1. The number of carboxylic acids is 1. The van der Waals surface area contributed by atoms with E-state index in [0.29, 0.717) is 0 Å². The standard InChI is InChI=1S/C13H14N4O4/c1-8-2-3-11(18)9(6-8)12(19)14-4-5-17-7-10(13(20)21)15-16-17/h2-3,6-7,18H,4-5H2,1H3,(H,14,19)(H,20,21). The summed E-state index contributed by atoms with van der Waals surface area (Å²) in [5.41, 5.74) is 0.901. The molecule has 3 N–H and O–H groups in total. The SMILES string of the molecule is Cc1ccc(O)c(C(=O)NCCn2cc(C(=O)O)nn2)c1. The number of benzene rings is 1. The molecule has 0 atom stereocenters. The molecule has 0 radical (unpaired) electrons. The normalized spacial score (nSPS) is 10.3. The first-order valence-electron chi connectivity index (χ1n) is 6.18. The van der Waals surface area contributed by atoms with Crippen LogP contribution in [-0.4, -0.2) is 43.6 Å². The Balaban J connectivity index is 1.92. The van der Waals surface area contributed by atoms with Crippen molar-refractivity contribution in [3.05, 3.63) is 41.2 Å². The molecule has 0 aliphatic carbocycles. The van der Waals surface area contributed by atoms with Crippen LogP contribution in [0.4, 0.5) is 0 Å². The lowest BCUT2D eigenvalue weighted by molar-refractivity contribution is 0.0690. The number of phenolic OH excluding ortho intramolecular Hbond substituents is 1. The fourth-order valence-electron chi connectivity index (χ4n) is 1.72. The van der Waals surface area contributed by atoms with Gasteiger partial charge in [0.1, 0.15) is 5.75 Å². The molecule has 0 saturated carbocycles. The molecule has 0 aliphatic rings. The number of nitrogens with one attached hydrogen (secondary N) is 1. The van der Waals surface area contributed by atoms with Gasteiger partial charge in [0.25, 0.3) is 5.91 Å². The van der Waals surface area contributed by atoms with Crippen molar-refractivity contribution in [2.24, 2.45) is 0 Å². The zero-order chi connectivity index (χ0) is 15.4. The molecule has 2 aromatic rings. The van der Waals surface area contributed by atoms with Gasteiger partial charge in [0.05, 0.1) is 18.3 Å². The van der Waals surface area contributed by atoms with Crippen molar-refractivity contribution in [1.29, 1.82) is 0 Å². The Kier molecular flexibility index (Phi) is 4.17. The molecule has 1 aromatic carbocycles. The molecule has 0 bridgehead atoms. The highest BCUT2D eigenvalue weighted by atomic mass is 16.4. The number of hydrogen-bond donors (Lipinski definition) is 3. The van der Waals surface area contributed by atoms with E-state index in [1.807, 2.05) is 6.92 Å². The fourth-order valence-corrected chi connectivity index (χ4v) is 1.72. The Hall–Kier alpha value is -2.90. The molecule has 1 aromatic heterocycles. The predicted molar refractivity (Wildman–Crippen MR) is 72.2 cm³/mol. The van der Waals surface area contributed by atoms with Crippen LogP contribution in [0.5, 0.6) is 5.75 Å².